The van der Waals surface area contributed by atoms with Gasteiger partial charge in [0.05, 0.1) is 30.2 Å². The zero-order valence-electron chi connectivity index (χ0n) is 19.9. The number of benzene rings is 2. The van der Waals surface area contributed by atoms with E-state index in [1.807, 2.05) is 46.1 Å². The zero-order chi connectivity index (χ0) is 24.4. The number of fused-ring (bicyclic) bond motifs is 2. The van der Waals surface area contributed by atoms with Crippen LogP contribution in [0.5, 0.6) is 11.5 Å². The highest BCUT2D eigenvalue weighted by molar-refractivity contribution is 9.10. The van der Waals surface area contributed by atoms with Gasteiger partial charge in [-0.15, -0.1) is 0 Å². The molecule has 180 valence electrons. The molecule has 1 unspecified atom stereocenters. The van der Waals surface area contributed by atoms with E-state index < -0.39 is 6.04 Å². The summed E-state index contributed by atoms with van der Waals surface area (Å²) in [4.78, 5) is 31.0. The first-order valence-corrected chi connectivity index (χ1v) is 12.3. The van der Waals surface area contributed by atoms with Gasteiger partial charge in [0, 0.05) is 11.0 Å². The average Bonchev–Trinajstić information content (AvgIpc) is 3.08. The van der Waals surface area contributed by atoms with Gasteiger partial charge in [-0.25, -0.2) is 0 Å². The maximum atomic E-state index is 13.7. The molecule has 2 heterocycles. The van der Waals surface area contributed by atoms with E-state index in [-0.39, 0.29) is 17.1 Å². The molecular formula is C26H29BrN2O5. The van der Waals surface area contributed by atoms with E-state index in [0.717, 1.165) is 23.0 Å². The van der Waals surface area contributed by atoms with Crippen LogP contribution in [-0.4, -0.2) is 56.1 Å². The lowest BCUT2D eigenvalue weighted by Crippen LogP contribution is -2.32. The fourth-order valence-corrected chi connectivity index (χ4v) is 4.73. The first-order valence-electron chi connectivity index (χ1n) is 11.5. The summed E-state index contributed by atoms with van der Waals surface area (Å²) < 4.78 is 18.3. The van der Waals surface area contributed by atoms with Crippen LogP contribution in [0.1, 0.15) is 48.0 Å². The van der Waals surface area contributed by atoms with Crippen molar-refractivity contribution in [2.24, 2.45) is 0 Å². The maximum Gasteiger partial charge on any atom is 0.290 e. The second-order valence-electron chi connectivity index (χ2n) is 8.44. The van der Waals surface area contributed by atoms with Gasteiger partial charge in [-0.2, -0.15) is 0 Å². The van der Waals surface area contributed by atoms with Crippen LogP contribution in [0.2, 0.25) is 0 Å². The lowest BCUT2D eigenvalue weighted by atomic mass is 9.98. The molecule has 1 aliphatic heterocycles. The molecule has 0 N–H and O–H groups in total. The molecule has 3 aromatic rings. The number of halogens is 1. The Morgan fingerprint density at radius 1 is 1.03 bits per heavy atom. The monoisotopic (exact) mass is 528 g/mol. The van der Waals surface area contributed by atoms with Gasteiger partial charge in [-0.05, 0) is 76.8 Å². The molecule has 0 saturated heterocycles. The fourth-order valence-electron chi connectivity index (χ4n) is 4.36. The first-order chi connectivity index (χ1) is 16.3. The van der Waals surface area contributed by atoms with Crippen molar-refractivity contribution in [3.05, 3.63) is 68.0 Å². The van der Waals surface area contributed by atoms with Gasteiger partial charge < -0.3 is 23.7 Å². The highest BCUT2D eigenvalue weighted by atomic mass is 79.9. The van der Waals surface area contributed by atoms with Crippen LogP contribution in [0.4, 0.5) is 0 Å². The Balaban J connectivity index is 1.88. The van der Waals surface area contributed by atoms with Crippen LogP contribution in [0, 0.1) is 0 Å². The number of amides is 1. The number of rotatable bonds is 9. The second kappa shape index (κ2) is 10.2. The summed E-state index contributed by atoms with van der Waals surface area (Å²) >= 11 is 3.44. The minimum Gasteiger partial charge on any atom is -0.490 e. The highest BCUT2D eigenvalue weighted by Gasteiger charge is 2.42. The van der Waals surface area contributed by atoms with Crippen molar-refractivity contribution in [2.75, 3.05) is 40.4 Å². The molecule has 4 rings (SSSR count). The molecule has 1 aliphatic rings. The Bertz CT molecular complexity index is 1270. The Kier molecular flexibility index (Phi) is 7.28. The third-order valence-electron chi connectivity index (χ3n) is 5.82. The number of hydrogen-bond donors (Lipinski definition) is 0. The van der Waals surface area contributed by atoms with Crippen molar-refractivity contribution < 1.29 is 18.7 Å². The number of hydrogen-bond acceptors (Lipinski definition) is 6. The van der Waals surface area contributed by atoms with Gasteiger partial charge in [0.1, 0.15) is 5.58 Å². The lowest BCUT2D eigenvalue weighted by molar-refractivity contribution is 0.0722. The molecule has 0 radical (unpaired) electrons. The van der Waals surface area contributed by atoms with E-state index in [9.17, 15) is 9.59 Å². The van der Waals surface area contributed by atoms with Gasteiger partial charge in [-0.3, -0.25) is 9.59 Å². The van der Waals surface area contributed by atoms with Crippen molar-refractivity contribution in [2.45, 2.75) is 26.3 Å². The molecule has 1 amide bonds. The van der Waals surface area contributed by atoms with E-state index in [2.05, 4.69) is 20.8 Å². The van der Waals surface area contributed by atoms with Crippen molar-refractivity contribution in [3.63, 3.8) is 0 Å². The van der Waals surface area contributed by atoms with Crippen molar-refractivity contribution in [3.8, 4) is 11.5 Å². The van der Waals surface area contributed by atoms with Gasteiger partial charge >= 0.3 is 0 Å². The van der Waals surface area contributed by atoms with Gasteiger partial charge in [0.15, 0.2) is 16.9 Å². The summed E-state index contributed by atoms with van der Waals surface area (Å²) in [6.07, 6.45) is 0.762. The molecule has 0 bridgehead atoms. The van der Waals surface area contributed by atoms with Crippen molar-refractivity contribution in [1.29, 1.82) is 0 Å². The fraction of sp³-hybridized carbons (Fsp3) is 0.385. The topological polar surface area (TPSA) is 72.2 Å². The summed E-state index contributed by atoms with van der Waals surface area (Å²) in [7, 11) is 3.99. The molecule has 0 saturated carbocycles. The molecule has 0 fully saturated rings. The van der Waals surface area contributed by atoms with E-state index in [0.29, 0.717) is 47.8 Å². The minimum absolute atomic E-state index is 0.113. The SMILES string of the molecule is CCOc1ccc(C2c3c(oc4ccc(Br)cc4c3=O)C(=O)N2CCCN(C)C)cc1OCC. The molecule has 34 heavy (non-hydrogen) atoms. The Labute approximate surface area is 207 Å². The Hall–Kier alpha value is -2.84. The second-order valence-corrected chi connectivity index (χ2v) is 9.36. The summed E-state index contributed by atoms with van der Waals surface area (Å²) in [6.45, 7) is 6.10. The molecule has 1 aromatic heterocycles. The molecular weight excluding hydrogens is 500 g/mol. The molecule has 0 spiro atoms. The van der Waals surface area contributed by atoms with E-state index in [1.165, 1.54) is 0 Å². The first kappa shape index (κ1) is 24.3. The molecule has 0 aliphatic carbocycles. The summed E-state index contributed by atoms with van der Waals surface area (Å²) in [6, 6.07) is 10.3. The van der Waals surface area contributed by atoms with E-state index in [1.54, 1.807) is 23.1 Å². The van der Waals surface area contributed by atoms with Crippen LogP contribution < -0.4 is 14.9 Å². The third-order valence-corrected chi connectivity index (χ3v) is 6.31. The minimum atomic E-state index is -0.570. The molecule has 2 aromatic carbocycles. The van der Waals surface area contributed by atoms with E-state index >= 15 is 0 Å². The van der Waals surface area contributed by atoms with Crippen LogP contribution in [-0.2, 0) is 0 Å². The van der Waals surface area contributed by atoms with E-state index in [4.69, 9.17) is 13.9 Å². The smallest absolute Gasteiger partial charge is 0.290 e. The maximum absolute atomic E-state index is 13.7. The van der Waals surface area contributed by atoms with Crippen LogP contribution in [0.15, 0.2) is 50.1 Å². The largest absolute Gasteiger partial charge is 0.490 e. The zero-order valence-corrected chi connectivity index (χ0v) is 21.5. The normalized spacial score (nSPS) is 15.3. The lowest BCUT2D eigenvalue weighted by Gasteiger charge is -2.26. The number of nitrogens with zero attached hydrogens (tertiary/aromatic N) is 2. The third kappa shape index (κ3) is 4.57. The summed E-state index contributed by atoms with van der Waals surface area (Å²) in [5, 5.41) is 0.442. The van der Waals surface area contributed by atoms with Crippen LogP contribution in [0.25, 0.3) is 11.0 Å². The van der Waals surface area contributed by atoms with Crippen LogP contribution >= 0.6 is 15.9 Å². The van der Waals surface area contributed by atoms with Crippen molar-refractivity contribution in [1.82, 2.24) is 9.80 Å². The standard InChI is InChI=1S/C26H29BrN2O5/c1-5-32-20-10-8-16(14-21(20)33-6-2)23-22-24(30)18-15-17(27)9-11-19(18)34-25(22)26(31)29(23)13-7-12-28(3)4/h8-11,14-15,23H,5-7,12-13H2,1-4H3. The number of ether oxygens (including phenoxy) is 2. The highest BCUT2D eigenvalue weighted by Crippen LogP contribution is 2.41. The molecule has 8 heteroatoms. The number of carbonyl (C=O) groups is 1. The Morgan fingerprint density at radius 2 is 1.76 bits per heavy atom. The van der Waals surface area contributed by atoms with Gasteiger partial charge in [0.2, 0.25) is 5.76 Å². The Morgan fingerprint density at radius 3 is 2.47 bits per heavy atom. The number of carbonyl (C=O) groups excluding carboxylic acids is 1. The average molecular weight is 529 g/mol. The van der Waals surface area contributed by atoms with Crippen molar-refractivity contribution >= 4 is 32.8 Å². The predicted octanol–water partition coefficient (Wildman–Crippen LogP) is 4.85. The molecule has 1 atom stereocenters. The quantitative estimate of drug-likeness (QED) is 0.395. The summed E-state index contributed by atoms with van der Waals surface area (Å²) in [5.41, 5.74) is 1.35. The molecule has 7 nitrogen and oxygen atoms in total. The van der Waals surface area contributed by atoms with Crippen LogP contribution in [0.3, 0.4) is 0 Å². The van der Waals surface area contributed by atoms with Gasteiger partial charge in [0.25, 0.3) is 5.91 Å². The predicted molar refractivity (Wildman–Crippen MR) is 135 cm³/mol. The van der Waals surface area contributed by atoms with Gasteiger partial charge in [-0.1, -0.05) is 22.0 Å². The summed E-state index contributed by atoms with van der Waals surface area (Å²) in [5.74, 6) is 1.06.